The average Bonchev–Trinajstić information content (AvgIpc) is 3.06. The van der Waals surface area contributed by atoms with Crippen LogP contribution in [0.25, 0.3) is 0 Å². The molecule has 0 radical (unpaired) electrons. The second kappa shape index (κ2) is 8.34. The van der Waals surface area contributed by atoms with Crippen LogP contribution in [-0.2, 0) is 28.5 Å². The molecule has 2 saturated heterocycles. The number of hydrogen-bond donors (Lipinski definition) is 0. The summed E-state index contributed by atoms with van der Waals surface area (Å²) in [6, 6.07) is 0. The van der Waals surface area contributed by atoms with Crippen LogP contribution in [0.2, 0.25) is 0 Å². The fraction of sp³-hybridized carbons (Fsp3) is 0.600. The van der Waals surface area contributed by atoms with Crippen molar-refractivity contribution in [3.8, 4) is 0 Å². The summed E-state index contributed by atoms with van der Waals surface area (Å²) in [7, 11) is 0. The van der Waals surface area contributed by atoms with Crippen molar-refractivity contribution < 1.29 is 28.5 Å². The number of unbranched alkanes of at least 4 members (excludes halogenated alkanes) is 2. The smallest absolute Gasteiger partial charge is 0.337 e. The summed E-state index contributed by atoms with van der Waals surface area (Å²) < 4.78 is 20.2. The summed E-state index contributed by atoms with van der Waals surface area (Å²) in [5, 5.41) is 0. The van der Waals surface area contributed by atoms with Crippen LogP contribution in [0.4, 0.5) is 0 Å². The molecule has 0 aliphatic carbocycles. The Hall–Kier alpha value is -1.98. The maximum absolute atomic E-state index is 11.1. The van der Waals surface area contributed by atoms with Crippen LogP contribution in [-0.4, -0.2) is 38.4 Å². The third-order valence-corrected chi connectivity index (χ3v) is 3.21. The molecule has 0 unspecified atom stereocenters. The Morgan fingerprint density at radius 2 is 1.29 bits per heavy atom. The largest absolute Gasteiger partial charge is 0.501 e. The van der Waals surface area contributed by atoms with E-state index in [0.717, 1.165) is 19.3 Å². The number of cyclic esters (lactones) is 2. The number of hydrogen-bond acceptors (Lipinski definition) is 6. The van der Waals surface area contributed by atoms with Crippen molar-refractivity contribution in [1.82, 2.24) is 0 Å². The van der Waals surface area contributed by atoms with Crippen LogP contribution < -0.4 is 0 Å². The predicted molar refractivity (Wildman–Crippen MR) is 73.1 cm³/mol. The quantitative estimate of drug-likeness (QED) is 0.295. The van der Waals surface area contributed by atoms with E-state index in [2.05, 4.69) is 0 Å². The normalized spacial score (nSPS) is 21.7. The standard InChI is InChI=1S/C15H20O6/c16-14-12(4-8-20-14)10-18-6-2-1-3-7-19-11-13-5-9-21-15(13)17/h10-11H,1-9H2/b12-10-,13-11-. The van der Waals surface area contributed by atoms with E-state index in [1.54, 1.807) is 0 Å². The molecular formula is C15H20O6. The lowest BCUT2D eigenvalue weighted by Gasteiger charge is -2.03. The molecule has 0 N–H and O–H groups in total. The molecule has 2 aliphatic heterocycles. The van der Waals surface area contributed by atoms with Crippen LogP contribution in [0, 0.1) is 0 Å². The zero-order valence-corrected chi connectivity index (χ0v) is 12.0. The lowest BCUT2D eigenvalue weighted by Crippen LogP contribution is -1.98. The molecule has 0 saturated carbocycles. The molecule has 6 heteroatoms. The van der Waals surface area contributed by atoms with E-state index in [1.807, 2.05) is 0 Å². The molecule has 21 heavy (non-hydrogen) atoms. The molecule has 2 fully saturated rings. The Morgan fingerprint density at radius 1 is 0.810 bits per heavy atom. The third-order valence-electron chi connectivity index (χ3n) is 3.21. The van der Waals surface area contributed by atoms with Gasteiger partial charge in [0.25, 0.3) is 0 Å². The van der Waals surface area contributed by atoms with Crippen LogP contribution in [0.15, 0.2) is 23.7 Å². The van der Waals surface area contributed by atoms with E-state index in [9.17, 15) is 9.59 Å². The van der Waals surface area contributed by atoms with E-state index in [4.69, 9.17) is 18.9 Å². The second-order valence-electron chi connectivity index (χ2n) is 4.86. The van der Waals surface area contributed by atoms with Gasteiger partial charge in [0, 0.05) is 12.8 Å². The van der Waals surface area contributed by atoms with Crippen molar-refractivity contribution in [2.45, 2.75) is 32.1 Å². The van der Waals surface area contributed by atoms with Gasteiger partial charge in [-0.1, -0.05) is 0 Å². The molecule has 2 heterocycles. The highest BCUT2D eigenvalue weighted by atomic mass is 16.5. The number of carbonyl (C=O) groups is 2. The van der Waals surface area contributed by atoms with Gasteiger partial charge in [-0.05, 0) is 19.3 Å². The molecule has 0 aromatic heterocycles. The highest BCUT2D eigenvalue weighted by Crippen LogP contribution is 2.13. The summed E-state index contributed by atoms with van der Waals surface area (Å²) >= 11 is 0. The first kappa shape index (κ1) is 15.4. The van der Waals surface area contributed by atoms with Crippen molar-refractivity contribution in [3.05, 3.63) is 23.7 Å². The fourth-order valence-electron chi connectivity index (χ4n) is 1.98. The lowest BCUT2D eigenvalue weighted by molar-refractivity contribution is -0.136. The molecule has 2 aliphatic rings. The van der Waals surface area contributed by atoms with Crippen LogP contribution >= 0.6 is 0 Å². The molecule has 0 amide bonds. The lowest BCUT2D eigenvalue weighted by atomic mass is 10.2. The highest BCUT2D eigenvalue weighted by Gasteiger charge is 2.19. The molecule has 116 valence electrons. The van der Waals surface area contributed by atoms with E-state index in [1.165, 1.54) is 12.5 Å². The maximum Gasteiger partial charge on any atom is 0.337 e. The minimum Gasteiger partial charge on any atom is -0.501 e. The van der Waals surface area contributed by atoms with Crippen LogP contribution in [0.3, 0.4) is 0 Å². The van der Waals surface area contributed by atoms with Crippen molar-refractivity contribution in [2.24, 2.45) is 0 Å². The molecular weight excluding hydrogens is 276 g/mol. The molecule has 0 bridgehead atoms. The van der Waals surface area contributed by atoms with E-state index in [-0.39, 0.29) is 11.9 Å². The van der Waals surface area contributed by atoms with E-state index >= 15 is 0 Å². The van der Waals surface area contributed by atoms with Crippen molar-refractivity contribution in [3.63, 3.8) is 0 Å². The maximum atomic E-state index is 11.1. The first-order valence-electron chi connectivity index (χ1n) is 7.23. The molecule has 6 nitrogen and oxygen atoms in total. The second-order valence-corrected chi connectivity index (χ2v) is 4.86. The Labute approximate surface area is 123 Å². The van der Waals surface area contributed by atoms with Crippen molar-refractivity contribution in [1.29, 1.82) is 0 Å². The van der Waals surface area contributed by atoms with Crippen molar-refractivity contribution >= 4 is 11.9 Å². The van der Waals surface area contributed by atoms with Crippen molar-refractivity contribution in [2.75, 3.05) is 26.4 Å². The summed E-state index contributed by atoms with van der Waals surface area (Å²) in [6.07, 6.45) is 7.00. The van der Waals surface area contributed by atoms with E-state index < -0.39 is 0 Å². The molecule has 0 aromatic carbocycles. The first-order chi connectivity index (χ1) is 10.3. The summed E-state index contributed by atoms with van der Waals surface area (Å²) in [4.78, 5) is 22.2. The highest BCUT2D eigenvalue weighted by molar-refractivity contribution is 5.90. The number of ether oxygens (including phenoxy) is 4. The molecule has 0 aromatic rings. The predicted octanol–water partition coefficient (Wildman–Crippen LogP) is 1.85. The monoisotopic (exact) mass is 296 g/mol. The number of carbonyl (C=O) groups excluding carboxylic acids is 2. The fourth-order valence-corrected chi connectivity index (χ4v) is 1.98. The van der Waals surface area contributed by atoms with Gasteiger partial charge in [-0.15, -0.1) is 0 Å². The summed E-state index contributed by atoms with van der Waals surface area (Å²) in [6.45, 7) is 2.05. The van der Waals surface area contributed by atoms with Crippen LogP contribution in [0.5, 0.6) is 0 Å². The number of rotatable bonds is 8. The minimum atomic E-state index is -0.276. The van der Waals surface area contributed by atoms with Gasteiger partial charge in [-0.3, -0.25) is 0 Å². The topological polar surface area (TPSA) is 71.1 Å². The Morgan fingerprint density at radius 3 is 1.67 bits per heavy atom. The van der Waals surface area contributed by atoms with Crippen LogP contribution in [0.1, 0.15) is 32.1 Å². The van der Waals surface area contributed by atoms with Gasteiger partial charge in [0.15, 0.2) is 0 Å². The van der Waals surface area contributed by atoms with Gasteiger partial charge in [0.2, 0.25) is 0 Å². The number of esters is 2. The van der Waals surface area contributed by atoms with Gasteiger partial charge >= 0.3 is 11.9 Å². The van der Waals surface area contributed by atoms with Gasteiger partial charge in [-0.25, -0.2) is 9.59 Å². The Balaban J connectivity index is 1.45. The Bertz CT molecular complexity index is 397. The van der Waals surface area contributed by atoms with Gasteiger partial charge < -0.3 is 18.9 Å². The zero-order valence-electron chi connectivity index (χ0n) is 12.0. The summed E-state index contributed by atoms with van der Waals surface area (Å²) in [5.41, 5.74) is 1.21. The molecule has 0 atom stereocenters. The van der Waals surface area contributed by atoms with E-state index in [0.29, 0.717) is 50.4 Å². The first-order valence-corrected chi connectivity index (χ1v) is 7.23. The Kier molecular flexibility index (Phi) is 6.12. The molecule has 2 rings (SSSR count). The molecule has 0 spiro atoms. The summed E-state index contributed by atoms with van der Waals surface area (Å²) in [5.74, 6) is -0.552. The van der Waals surface area contributed by atoms with Gasteiger partial charge in [0.1, 0.15) is 0 Å². The third kappa shape index (κ3) is 5.13. The SMILES string of the molecule is O=C1OCC/C1=C/OCCCCCO/C=C1/CCOC1=O. The average molecular weight is 296 g/mol. The van der Waals surface area contributed by atoms with Gasteiger partial charge in [-0.2, -0.15) is 0 Å². The van der Waals surface area contributed by atoms with Gasteiger partial charge in [0.05, 0.1) is 50.1 Å². The zero-order chi connectivity index (χ0) is 14.9. The minimum absolute atomic E-state index is 0.276.